The third-order valence-electron chi connectivity index (χ3n) is 2.69. The third-order valence-corrected chi connectivity index (χ3v) is 4.65. The summed E-state index contributed by atoms with van der Waals surface area (Å²) in [4.78, 5) is 2.27. The number of aromatic hydroxyl groups is 1. The minimum atomic E-state index is -3.70. The van der Waals surface area contributed by atoms with Crippen LogP contribution in [0, 0.1) is 6.92 Å². The van der Waals surface area contributed by atoms with Crippen LogP contribution in [0.25, 0.3) is 0 Å². The maximum absolute atomic E-state index is 12.0. The van der Waals surface area contributed by atoms with Gasteiger partial charge in [-0.15, -0.1) is 0 Å². The van der Waals surface area contributed by atoms with Crippen LogP contribution in [0.3, 0.4) is 0 Å². The summed E-state index contributed by atoms with van der Waals surface area (Å²) in [7, 11) is -3.70. The Hall–Kier alpha value is -1.86. The van der Waals surface area contributed by atoms with E-state index in [1.54, 1.807) is 18.2 Å². The number of hydrogen-bond acceptors (Lipinski definition) is 4. The van der Waals surface area contributed by atoms with Crippen LogP contribution >= 0.6 is 15.9 Å². The van der Waals surface area contributed by atoms with Crippen LogP contribution in [0.15, 0.2) is 56.9 Å². The zero-order valence-electron chi connectivity index (χ0n) is 11.1. The van der Waals surface area contributed by atoms with Crippen LogP contribution in [0.4, 0.5) is 0 Å². The average molecular weight is 369 g/mol. The summed E-state index contributed by atoms with van der Waals surface area (Å²) in [6.45, 7) is 1.88. The molecule has 0 heterocycles. The van der Waals surface area contributed by atoms with Gasteiger partial charge in [0, 0.05) is 10.0 Å². The third kappa shape index (κ3) is 4.05. The second kappa shape index (κ2) is 6.28. The quantitative estimate of drug-likeness (QED) is 0.643. The number of benzene rings is 2. The highest BCUT2D eigenvalue weighted by molar-refractivity contribution is 9.10. The number of phenols is 1. The van der Waals surface area contributed by atoms with Gasteiger partial charge < -0.3 is 5.11 Å². The number of nitrogens with one attached hydrogen (secondary N) is 1. The van der Waals surface area contributed by atoms with E-state index >= 15 is 0 Å². The number of rotatable bonds is 4. The van der Waals surface area contributed by atoms with Crippen molar-refractivity contribution in [1.29, 1.82) is 0 Å². The van der Waals surface area contributed by atoms with Gasteiger partial charge in [0.05, 0.1) is 11.1 Å². The molecule has 2 N–H and O–H groups in total. The summed E-state index contributed by atoms with van der Waals surface area (Å²) < 4.78 is 24.7. The fourth-order valence-corrected chi connectivity index (χ4v) is 2.71. The first kappa shape index (κ1) is 15.5. The zero-order chi connectivity index (χ0) is 15.5. The molecule has 2 rings (SSSR count). The van der Waals surface area contributed by atoms with Crippen molar-refractivity contribution in [3.05, 3.63) is 58.1 Å². The Kier molecular flexibility index (Phi) is 4.64. The Morgan fingerprint density at radius 3 is 2.52 bits per heavy atom. The second-order valence-electron chi connectivity index (χ2n) is 4.37. The lowest BCUT2D eigenvalue weighted by atomic mass is 10.2. The Morgan fingerprint density at radius 2 is 1.86 bits per heavy atom. The molecule has 0 radical (unpaired) electrons. The summed E-state index contributed by atoms with van der Waals surface area (Å²) in [6.07, 6.45) is 1.32. The Labute approximate surface area is 131 Å². The molecule has 0 aliphatic rings. The fraction of sp³-hybridized carbons (Fsp3) is 0.0714. The van der Waals surface area contributed by atoms with E-state index in [1.807, 2.05) is 6.92 Å². The predicted molar refractivity (Wildman–Crippen MR) is 84.9 cm³/mol. The van der Waals surface area contributed by atoms with E-state index in [0.717, 1.165) is 5.56 Å². The SMILES string of the molecule is Cc1ccc(S(=O)(=O)N/N=C/c2cc(O)ccc2Br)cc1. The van der Waals surface area contributed by atoms with Crippen molar-refractivity contribution in [2.24, 2.45) is 5.10 Å². The standard InChI is InChI=1S/C14H13BrN2O3S/c1-10-2-5-13(6-3-10)21(19,20)17-16-9-11-8-12(18)4-7-14(11)15/h2-9,17-18H,1H3/b16-9+. The first-order valence-electron chi connectivity index (χ1n) is 5.98. The number of aryl methyl sites for hydroxylation is 1. The van der Waals surface area contributed by atoms with Crippen molar-refractivity contribution in [2.45, 2.75) is 11.8 Å². The monoisotopic (exact) mass is 368 g/mol. The summed E-state index contributed by atoms with van der Waals surface area (Å²) in [5.41, 5.74) is 1.53. The topological polar surface area (TPSA) is 78.8 Å². The molecule has 0 saturated carbocycles. The molecule has 7 heteroatoms. The summed E-state index contributed by atoms with van der Waals surface area (Å²) in [6, 6.07) is 11.1. The number of sulfonamides is 1. The molecule has 0 saturated heterocycles. The molecule has 0 spiro atoms. The van der Waals surface area contributed by atoms with Crippen molar-refractivity contribution < 1.29 is 13.5 Å². The van der Waals surface area contributed by atoms with Gasteiger partial charge in [-0.2, -0.15) is 13.5 Å². The lowest BCUT2D eigenvalue weighted by molar-refractivity contribution is 0.475. The summed E-state index contributed by atoms with van der Waals surface area (Å²) in [5.74, 6) is 0.0704. The van der Waals surface area contributed by atoms with Crippen molar-refractivity contribution in [1.82, 2.24) is 4.83 Å². The summed E-state index contributed by atoms with van der Waals surface area (Å²) in [5, 5.41) is 13.1. The van der Waals surface area contributed by atoms with Crippen LogP contribution in [0.5, 0.6) is 5.75 Å². The van der Waals surface area contributed by atoms with E-state index in [9.17, 15) is 13.5 Å². The molecular formula is C14H13BrN2O3S. The van der Waals surface area contributed by atoms with Gasteiger partial charge in [0.2, 0.25) is 0 Å². The molecule has 0 aliphatic carbocycles. The van der Waals surface area contributed by atoms with Crippen LogP contribution < -0.4 is 4.83 Å². The van der Waals surface area contributed by atoms with E-state index in [0.29, 0.717) is 10.0 Å². The van der Waals surface area contributed by atoms with Crippen molar-refractivity contribution in [2.75, 3.05) is 0 Å². The molecule has 0 amide bonds. The molecule has 0 bridgehead atoms. The number of hydrogen-bond donors (Lipinski definition) is 2. The van der Waals surface area contributed by atoms with E-state index in [2.05, 4.69) is 25.9 Å². The second-order valence-corrected chi connectivity index (χ2v) is 6.89. The van der Waals surface area contributed by atoms with Gasteiger partial charge in [0.15, 0.2) is 0 Å². The highest BCUT2D eigenvalue weighted by Crippen LogP contribution is 2.20. The first-order valence-corrected chi connectivity index (χ1v) is 8.26. The molecule has 5 nitrogen and oxygen atoms in total. The molecule has 110 valence electrons. The zero-order valence-corrected chi connectivity index (χ0v) is 13.5. The molecule has 0 atom stereocenters. The van der Waals surface area contributed by atoms with Crippen LogP contribution in [-0.2, 0) is 10.0 Å². The molecule has 2 aromatic carbocycles. The first-order chi connectivity index (χ1) is 9.88. The highest BCUT2D eigenvalue weighted by Gasteiger charge is 2.11. The number of hydrazone groups is 1. The Morgan fingerprint density at radius 1 is 1.19 bits per heavy atom. The van der Waals surface area contributed by atoms with Crippen LogP contribution in [0.1, 0.15) is 11.1 Å². The van der Waals surface area contributed by atoms with Crippen LogP contribution in [0.2, 0.25) is 0 Å². The van der Waals surface area contributed by atoms with E-state index < -0.39 is 10.0 Å². The highest BCUT2D eigenvalue weighted by atomic mass is 79.9. The minimum absolute atomic E-state index is 0.0704. The smallest absolute Gasteiger partial charge is 0.276 e. The van der Waals surface area contributed by atoms with Gasteiger partial charge in [-0.1, -0.05) is 33.6 Å². The maximum atomic E-state index is 12.0. The van der Waals surface area contributed by atoms with Crippen molar-refractivity contribution in [3.8, 4) is 5.75 Å². The van der Waals surface area contributed by atoms with Gasteiger partial charge in [-0.25, -0.2) is 4.83 Å². The van der Waals surface area contributed by atoms with Gasteiger partial charge >= 0.3 is 0 Å². The minimum Gasteiger partial charge on any atom is -0.508 e. The van der Waals surface area contributed by atoms with Gasteiger partial charge in [0.25, 0.3) is 10.0 Å². The van der Waals surface area contributed by atoms with Crippen molar-refractivity contribution >= 4 is 32.2 Å². The molecule has 2 aromatic rings. The fourth-order valence-electron chi connectivity index (χ4n) is 1.57. The Balaban J connectivity index is 2.16. The van der Waals surface area contributed by atoms with Gasteiger partial charge in [-0.3, -0.25) is 0 Å². The van der Waals surface area contributed by atoms with Crippen molar-refractivity contribution in [3.63, 3.8) is 0 Å². The molecule has 0 aliphatic heterocycles. The van der Waals surface area contributed by atoms with Gasteiger partial charge in [0.1, 0.15) is 5.75 Å². The average Bonchev–Trinajstić information content (AvgIpc) is 2.43. The van der Waals surface area contributed by atoms with E-state index in [4.69, 9.17) is 0 Å². The Bertz CT molecular complexity index is 771. The predicted octanol–water partition coefficient (Wildman–Crippen LogP) is 2.78. The van der Waals surface area contributed by atoms with Crippen LogP contribution in [-0.4, -0.2) is 19.7 Å². The maximum Gasteiger partial charge on any atom is 0.276 e. The number of nitrogens with zero attached hydrogens (tertiary/aromatic N) is 1. The number of phenolic OH excluding ortho intramolecular Hbond substituents is 1. The summed E-state index contributed by atoms with van der Waals surface area (Å²) >= 11 is 3.28. The molecule has 21 heavy (non-hydrogen) atoms. The number of halogens is 1. The van der Waals surface area contributed by atoms with E-state index in [-0.39, 0.29) is 10.6 Å². The van der Waals surface area contributed by atoms with E-state index in [1.165, 1.54) is 30.5 Å². The van der Waals surface area contributed by atoms with Gasteiger partial charge in [-0.05, 0) is 37.3 Å². The molecule has 0 fully saturated rings. The molecular weight excluding hydrogens is 356 g/mol. The lowest BCUT2D eigenvalue weighted by Gasteiger charge is -2.04. The normalized spacial score (nSPS) is 11.7. The largest absolute Gasteiger partial charge is 0.508 e. The lowest BCUT2D eigenvalue weighted by Crippen LogP contribution is -2.18. The molecule has 0 aromatic heterocycles. The molecule has 0 unspecified atom stereocenters.